The Kier molecular flexibility index (Phi) is 3.32. The molecular formula is C16H11BrO3. The van der Waals surface area contributed by atoms with E-state index in [-0.39, 0.29) is 5.43 Å². The maximum absolute atomic E-state index is 12.2. The highest BCUT2D eigenvalue weighted by atomic mass is 79.9. The monoisotopic (exact) mass is 330 g/mol. The summed E-state index contributed by atoms with van der Waals surface area (Å²) in [6.45, 7) is 0. The van der Waals surface area contributed by atoms with Crippen molar-refractivity contribution in [2.75, 3.05) is 7.11 Å². The molecule has 0 bridgehead atoms. The van der Waals surface area contributed by atoms with Gasteiger partial charge in [-0.2, -0.15) is 0 Å². The lowest BCUT2D eigenvalue weighted by atomic mass is 10.1. The molecule has 0 radical (unpaired) electrons. The highest BCUT2D eigenvalue weighted by Crippen LogP contribution is 2.26. The minimum atomic E-state index is -0.0832. The van der Waals surface area contributed by atoms with E-state index in [1.54, 1.807) is 25.3 Å². The first-order valence-electron chi connectivity index (χ1n) is 6.05. The molecule has 4 heteroatoms. The molecule has 0 aliphatic heterocycles. The average molecular weight is 331 g/mol. The number of rotatable bonds is 2. The van der Waals surface area contributed by atoms with Crippen LogP contribution in [0.4, 0.5) is 0 Å². The first-order chi connectivity index (χ1) is 9.67. The summed E-state index contributed by atoms with van der Waals surface area (Å²) in [6.07, 6.45) is 0. The maximum Gasteiger partial charge on any atom is 0.193 e. The topological polar surface area (TPSA) is 39.4 Å². The first kappa shape index (κ1) is 12.9. The molecule has 0 spiro atoms. The summed E-state index contributed by atoms with van der Waals surface area (Å²) in [4.78, 5) is 12.2. The molecule has 1 aromatic heterocycles. The summed E-state index contributed by atoms with van der Waals surface area (Å²) in [7, 11) is 1.57. The molecule has 0 aliphatic rings. The quantitative estimate of drug-likeness (QED) is 0.705. The van der Waals surface area contributed by atoms with Crippen molar-refractivity contribution in [3.05, 3.63) is 63.2 Å². The van der Waals surface area contributed by atoms with E-state index < -0.39 is 0 Å². The van der Waals surface area contributed by atoms with E-state index in [0.29, 0.717) is 22.5 Å². The molecule has 0 unspecified atom stereocenters. The van der Waals surface area contributed by atoms with Gasteiger partial charge in [-0.25, -0.2) is 0 Å². The summed E-state index contributed by atoms with van der Waals surface area (Å²) in [5.74, 6) is 1.19. The van der Waals surface area contributed by atoms with Crippen LogP contribution in [-0.2, 0) is 0 Å². The van der Waals surface area contributed by atoms with Crippen LogP contribution in [0.5, 0.6) is 5.75 Å². The fourth-order valence-corrected chi connectivity index (χ4v) is 2.45. The average Bonchev–Trinajstić information content (AvgIpc) is 2.47. The lowest BCUT2D eigenvalue weighted by Gasteiger charge is -2.05. The smallest absolute Gasteiger partial charge is 0.193 e. The Labute approximate surface area is 123 Å². The van der Waals surface area contributed by atoms with E-state index >= 15 is 0 Å². The third-order valence-electron chi connectivity index (χ3n) is 3.04. The van der Waals surface area contributed by atoms with Crippen molar-refractivity contribution in [2.45, 2.75) is 0 Å². The summed E-state index contributed by atoms with van der Waals surface area (Å²) < 4.78 is 11.9. The minimum Gasteiger partial charge on any atom is -0.497 e. The van der Waals surface area contributed by atoms with Gasteiger partial charge in [-0.1, -0.05) is 28.1 Å². The highest BCUT2D eigenvalue weighted by molar-refractivity contribution is 9.10. The van der Waals surface area contributed by atoms with Gasteiger partial charge in [0, 0.05) is 16.1 Å². The third kappa shape index (κ3) is 2.34. The van der Waals surface area contributed by atoms with Crippen molar-refractivity contribution in [1.82, 2.24) is 0 Å². The number of fused-ring (bicyclic) bond motifs is 1. The SMILES string of the molecule is COc1ccc2oc(-c3cccc(Br)c3)cc(=O)c2c1. The summed E-state index contributed by atoms with van der Waals surface area (Å²) >= 11 is 3.41. The summed E-state index contributed by atoms with van der Waals surface area (Å²) in [5, 5.41) is 0.517. The number of hydrogen-bond donors (Lipinski definition) is 0. The number of benzene rings is 2. The Bertz CT molecular complexity index is 836. The van der Waals surface area contributed by atoms with Crippen LogP contribution in [0.3, 0.4) is 0 Å². The second-order valence-corrected chi connectivity index (χ2v) is 5.26. The van der Waals surface area contributed by atoms with Crippen molar-refractivity contribution in [1.29, 1.82) is 0 Å². The number of ether oxygens (including phenoxy) is 1. The molecule has 3 nitrogen and oxygen atoms in total. The van der Waals surface area contributed by atoms with Crippen LogP contribution >= 0.6 is 15.9 Å². The fraction of sp³-hybridized carbons (Fsp3) is 0.0625. The predicted octanol–water partition coefficient (Wildman–Crippen LogP) is 4.23. The van der Waals surface area contributed by atoms with Crippen LogP contribution in [0.15, 0.2) is 62.2 Å². The van der Waals surface area contributed by atoms with Gasteiger partial charge in [0.1, 0.15) is 17.1 Å². The molecule has 0 N–H and O–H groups in total. The molecule has 1 heterocycles. The van der Waals surface area contributed by atoms with Crippen molar-refractivity contribution < 1.29 is 9.15 Å². The molecule has 3 aromatic rings. The van der Waals surface area contributed by atoms with Crippen LogP contribution in [0.25, 0.3) is 22.3 Å². The summed E-state index contributed by atoms with van der Waals surface area (Å²) in [5.41, 5.74) is 1.32. The normalized spacial score (nSPS) is 10.7. The molecule has 0 atom stereocenters. The van der Waals surface area contributed by atoms with Crippen LogP contribution in [0, 0.1) is 0 Å². The Hall–Kier alpha value is -2.07. The van der Waals surface area contributed by atoms with E-state index in [0.717, 1.165) is 10.0 Å². The fourth-order valence-electron chi connectivity index (χ4n) is 2.05. The van der Waals surface area contributed by atoms with Gasteiger partial charge in [-0.3, -0.25) is 4.79 Å². The number of methoxy groups -OCH3 is 1. The molecule has 0 aliphatic carbocycles. The van der Waals surface area contributed by atoms with E-state index in [2.05, 4.69) is 15.9 Å². The lowest BCUT2D eigenvalue weighted by molar-refractivity contribution is 0.415. The molecule has 100 valence electrons. The van der Waals surface area contributed by atoms with Gasteiger partial charge < -0.3 is 9.15 Å². The Morgan fingerprint density at radius 1 is 1.10 bits per heavy atom. The maximum atomic E-state index is 12.2. The lowest BCUT2D eigenvalue weighted by Crippen LogP contribution is -2.00. The van der Waals surface area contributed by atoms with Crippen molar-refractivity contribution in [3.8, 4) is 17.1 Å². The van der Waals surface area contributed by atoms with E-state index in [1.807, 2.05) is 24.3 Å². The standard InChI is InChI=1S/C16H11BrO3/c1-19-12-5-6-15-13(8-12)14(18)9-16(20-15)10-3-2-4-11(17)7-10/h2-9H,1H3. The molecule has 0 saturated heterocycles. The van der Waals surface area contributed by atoms with Crippen molar-refractivity contribution >= 4 is 26.9 Å². The molecule has 3 rings (SSSR count). The minimum absolute atomic E-state index is 0.0832. The predicted molar refractivity (Wildman–Crippen MR) is 82.2 cm³/mol. The Morgan fingerprint density at radius 2 is 1.95 bits per heavy atom. The van der Waals surface area contributed by atoms with Gasteiger partial charge in [0.05, 0.1) is 12.5 Å². The highest BCUT2D eigenvalue weighted by Gasteiger charge is 2.08. The molecule has 2 aromatic carbocycles. The molecular weight excluding hydrogens is 320 g/mol. The molecule has 0 saturated carbocycles. The molecule has 0 amide bonds. The van der Waals surface area contributed by atoms with Gasteiger partial charge in [0.15, 0.2) is 5.43 Å². The van der Waals surface area contributed by atoms with Crippen molar-refractivity contribution in [2.24, 2.45) is 0 Å². The van der Waals surface area contributed by atoms with Gasteiger partial charge in [-0.05, 0) is 30.3 Å². The van der Waals surface area contributed by atoms with E-state index in [1.165, 1.54) is 6.07 Å². The summed E-state index contributed by atoms with van der Waals surface area (Å²) in [6, 6.07) is 14.3. The van der Waals surface area contributed by atoms with Gasteiger partial charge in [-0.15, -0.1) is 0 Å². The van der Waals surface area contributed by atoms with E-state index in [4.69, 9.17) is 9.15 Å². The van der Waals surface area contributed by atoms with E-state index in [9.17, 15) is 4.79 Å². The third-order valence-corrected chi connectivity index (χ3v) is 3.54. The van der Waals surface area contributed by atoms with Gasteiger partial charge in [0.2, 0.25) is 0 Å². The van der Waals surface area contributed by atoms with Crippen LogP contribution in [0.2, 0.25) is 0 Å². The number of hydrogen-bond acceptors (Lipinski definition) is 3. The zero-order valence-electron chi connectivity index (χ0n) is 10.7. The second kappa shape index (κ2) is 5.13. The van der Waals surface area contributed by atoms with Crippen molar-refractivity contribution in [3.63, 3.8) is 0 Å². The van der Waals surface area contributed by atoms with Crippen LogP contribution in [-0.4, -0.2) is 7.11 Å². The molecule has 20 heavy (non-hydrogen) atoms. The van der Waals surface area contributed by atoms with Crippen LogP contribution in [0.1, 0.15) is 0 Å². The largest absolute Gasteiger partial charge is 0.497 e. The second-order valence-electron chi connectivity index (χ2n) is 4.35. The first-order valence-corrected chi connectivity index (χ1v) is 6.84. The zero-order valence-corrected chi connectivity index (χ0v) is 12.3. The van der Waals surface area contributed by atoms with Gasteiger partial charge in [0.25, 0.3) is 0 Å². The Balaban J connectivity index is 2.22. The zero-order chi connectivity index (χ0) is 14.1. The number of halogens is 1. The Morgan fingerprint density at radius 3 is 2.70 bits per heavy atom. The van der Waals surface area contributed by atoms with Crippen LogP contribution < -0.4 is 10.2 Å². The molecule has 0 fully saturated rings. The van der Waals surface area contributed by atoms with Gasteiger partial charge >= 0.3 is 0 Å².